The molecule has 1 heterocycles. The second-order valence-corrected chi connectivity index (χ2v) is 4.79. The highest BCUT2D eigenvalue weighted by Crippen LogP contribution is 2.15. The summed E-state index contributed by atoms with van der Waals surface area (Å²) in [7, 11) is 1.59. The van der Waals surface area contributed by atoms with Gasteiger partial charge in [-0.3, -0.25) is 14.9 Å². The maximum Gasteiger partial charge on any atom is 0.433 e. The first-order valence-corrected chi connectivity index (χ1v) is 6.11. The molecule has 100 valence electrons. The van der Waals surface area contributed by atoms with Crippen LogP contribution in [0.15, 0.2) is 16.5 Å². The molecule has 1 aromatic rings. The number of amides is 1. The van der Waals surface area contributed by atoms with Gasteiger partial charge in [-0.25, -0.2) is 0 Å². The molecule has 1 unspecified atom stereocenters. The first-order chi connectivity index (χ1) is 8.54. The van der Waals surface area contributed by atoms with Crippen molar-refractivity contribution in [3.8, 4) is 0 Å². The van der Waals surface area contributed by atoms with Gasteiger partial charge in [0.2, 0.25) is 0 Å². The number of carbonyl (C=O) groups excluding carboxylic acids is 1. The van der Waals surface area contributed by atoms with E-state index >= 15 is 0 Å². The van der Waals surface area contributed by atoms with Crippen LogP contribution in [0.2, 0.25) is 0 Å². The molecule has 1 amide bonds. The predicted octanol–water partition coefficient (Wildman–Crippen LogP) is 1.72. The van der Waals surface area contributed by atoms with E-state index in [0.717, 1.165) is 6.07 Å². The number of furan rings is 1. The number of nitro groups is 1. The van der Waals surface area contributed by atoms with E-state index in [1.165, 1.54) is 6.07 Å². The Hall–Kier alpha value is -1.41. The van der Waals surface area contributed by atoms with Crippen molar-refractivity contribution in [2.24, 2.45) is 0 Å². The normalized spacial score (nSPS) is 12.1. The third kappa shape index (κ3) is 4.46. The third-order valence-corrected chi connectivity index (χ3v) is 2.81. The highest BCUT2D eigenvalue weighted by molar-refractivity contribution is 9.09. The first-order valence-electron chi connectivity index (χ1n) is 5.20. The number of nitrogens with one attached hydrogen (secondary N) is 1. The molecule has 0 aromatic carbocycles. The van der Waals surface area contributed by atoms with E-state index in [1.807, 2.05) is 0 Å². The van der Waals surface area contributed by atoms with E-state index in [9.17, 15) is 14.9 Å². The smallest absolute Gasteiger partial charge is 0.395 e. The van der Waals surface area contributed by atoms with Crippen LogP contribution in [0.3, 0.4) is 0 Å². The van der Waals surface area contributed by atoms with E-state index in [2.05, 4.69) is 21.2 Å². The minimum atomic E-state index is -0.691. The van der Waals surface area contributed by atoms with E-state index in [-0.39, 0.29) is 10.6 Å². The van der Waals surface area contributed by atoms with Gasteiger partial charge in [-0.15, -0.1) is 0 Å². The number of hydrogen-bond donors (Lipinski definition) is 1. The zero-order valence-corrected chi connectivity index (χ0v) is 11.3. The largest absolute Gasteiger partial charge is 0.433 e. The molecule has 0 saturated carbocycles. The van der Waals surface area contributed by atoms with Gasteiger partial charge < -0.3 is 14.5 Å². The summed E-state index contributed by atoms with van der Waals surface area (Å²) in [6.45, 7) is 0.967. The number of ether oxygens (including phenoxy) is 1. The molecule has 7 nitrogen and oxygen atoms in total. The van der Waals surface area contributed by atoms with Gasteiger partial charge in [-0.05, 0) is 12.5 Å². The molecule has 0 aliphatic heterocycles. The number of rotatable bonds is 7. The lowest BCUT2D eigenvalue weighted by Crippen LogP contribution is -2.26. The summed E-state index contributed by atoms with van der Waals surface area (Å²) in [6, 6.07) is 2.42. The molecule has 18 heavy (non-hydrogen) atoms. The van der Waals surface area contributed by atoms with Crippen molar-refractivity contribution >= 4 is 27.7 Å². The van der Waals surface area contributed by atoms with Crippen LogP contribution in [0.5, 0.6) is 0 Å². The van der Waals surface area contributed by atoms with Crippen LogP contribution < -0.4 is 5.32 Å². The Bertz CT molecular complexity index is 420. The van der Waals surface area contributed by atoms with Crippen LogP contribution in [0.25, 0.3) is 0 Å². The van der Waals surface area contributed by atoms with Gasteiger partial charge in [-0.2, -0.15) is 0 Å². The van der Waals surface area contributed by atoms with Gasteiger partial charge in [0.15, 0.2) is 5.76 Å². The summed E-state index contributed by atoms with van der Waals surface area (Å²) in [5, 5.41) is 13.0. The number of nitrogens with zero attached hydrogens (tertiary/aromatic N) is 1. The summed E-state index contributed by atoms with van der Waals surface area (Å²) < 4.78 is 9.69. The Balaban J connectivity index is 2.38. The second-order valence-electron chi connectivity index (χ2n) is 3.49. The molecule has 1 aromatic heterocycles. The average Bonchev–Trinajstić information content (AvgIpc) is 2.78. The second kappa shape index (κ2) is 7.12. The Morgan fingerprint density at radius 2 is 2.39 bits per heavy atom. The summed E-state index contributed by atoms with van der Waals surface area (Å²) in [6.07, 6.45) is 0.683. The van der Waals surface area contributed by atoms with Crippen molar-refractivity contribution in [2.45, 2.75) is 11.2 Å². The fourth-order valence-corrected chi connectivity index (χ4v) is 1.73. The molecule has 1 rings (SSSR count). The molecule has 0 radical (unpaired) electrons. The van der Waals surface area contributed by atoms with Crippen LogP contribution in [0.1, 0.15) is 17.0 Å². The number of hydrogen-bond acceptors (Lipinski definition) is 5. The highest BCUT2D eigenvalue weighted by Gasteiger charge is 2.17. The van der Waals surface area contributed by atoms with Gasteiger partial charge in [0, 0.05) is 18.5 Å². The first kappa shape index (κ1) is 14.7. The van der Waals surface area contributed by atoms with Crippen molar-refractivity contribution in [3.05, 3.63) is 28.0 Å². The van der Waals surface area contributed by atoms with Crippen LogP contribution in [-0.2, 0) is 4.74 Å². The van der Waals surface area contributed by atoms with Crippen molar-refractivity contribution in [1.82, 2.24) is 5.32 Å². The van der Waals surface area contributed by atoms with Crippen LogP contribution in [-0.4, -0.2) is 35.9 Å². The van der Waals surface area contributed by atoms with Gasteiger partial charge in [0.1, 0.15) is 4.92 Å². The lowest BCUT2D eigenvalue weighted by atomic mass is 10.3. The van der Waals surface area contributed by atoms with Crippen LogP contribution >= 0.6 is 15.9 Å². The fourth-order valence-electron chi connectivity index (χ4n) is 1.24. The van der Waals surface area contributed by atoms with Gasteiger partial charge in [0.25, 0.3) is 5.91 Å². The fraction of sp³-hybridized carbons (Fsp3) is 0.500. The lowest BCUT2D eigenvalue weighted by Gasteiger charge is -2.08. The Kier molecular flexibility index (Phi) is 5.79. The topological polar surface area (TPSA) is 94.6 Å². The van der Waals surface area contributed by atoms with Crippen LogP contribution in [0, 0.1) is 10.1 Å². The van der Waals surface area contributed by atoms with Crippen LogP contribution in [0.4, 0.5) is 5.88 Å². The number of halogens is 1. The third-order valence-electron chi connectivity index (χ3n) is 2.09. The molecule has 0 spiro atoms. The van der Waals surface area contributed by atoms with E-state index in [4.69, 9.17) is 9.15 Å². The number of alkyl halides is 1. The molecular weight excluding hydrogens is 308 g/mol. The van der Waals surface area contributed by atoms with E-state index in [0.29, 0.717) is 19.6 Å². The monoisotopic (exact) mass is 320 g/mol. The maximum absolute atomic E-state index is 11.5. The van der Waals surface area contributed by atoms with Crippen molar-refractivity contribution in [2.75, 3.05) is 20.3 Å². The minimum Gasteiger partial charge on any atom is -0.395 e. The molecule has 0 saturated heterocycles. The summed E-state index contributed by atoms with van der Waals surface area (Å²) in [4.78, 5) is 21.4. The zero-order valence-electron chi connectivity index (χ0n) is 9.72. The molecule has 0 aliphatic rings. The Labute approximate surface area is 112 Å². The zero-order chi connectivity index (χ0) is 13.5. The molecule has 0 aliphatic carbocycles. The molecular formula is C10H13BrN2O5. The summed E-state index contributed by atoms with van der Waals surface area (Å²) in [5.74, 6) is -0.988. The van der Waals surface area contributed by atoms with Gasteiger partial charge in [-0.1, -0.05) is 15.9 Å². The SMILES string of the molecule is COCC(Br)CCNC(=O)c1ccc([N+](=O)[O-])o1. The molecule has 0 bridgehead atoms. The Morgan fingerprint density at radius 1 is 1.67 bits per heavy atom. The molecule has 1 N–H and O–H groups in total. The van der Waals surface area contributed by atoms with E-state index < -0.39 is 16.7 Å². The number of methoxy groups -OCH3 is 1. The summed E-state index contributed by atoms with van der Waals surface area (Å²) in [5.41, 5.74) is 0. The summed E-state index contributed by atoms with van der Waals surface area (Å²) >= 11 is 3.38. The van der Waals surface area contributed by atoms with E-state index in [1.54, 1.807) is 7.11 Å². The standard InChI is InChI=1S/C10H13BrN2O5/c1-17-6-7(11)4-5-12-10(14)8-2-3-9(18-8)13(15)16/h2-3,7H,4-6H2,1H3,(H,12,14). The number of carbonyl (C=O) groups is 1. The predicted molar refractivity (Wildman–Crippen MR) is 66.9 cm³/mol. The maximum atomic E-state index is 11.5. The quantitative estimate of drug-likeness (QED) is 0.469. The average molecular weight is 321 g/mol. The molecule has 0 fully saturated rings. The van der Waals surface area contributed by atoms with Gasteiger partial charge in [0.05, 0.1) is 12.7 Å². The Morgan fingerprint density at radius 3 is 2.94 bits per heavy atom. The van der Waals surface area contributed by atoms with Crippen molar-refractivity contribution in [3.63, 3.8) is 0 Å². The minimum absolute atomic E-state index is 0.0698. The highest BCUT2D eigenvalue weighted by atomic mass is 79.9. The molecule has 8 heteroatoms. The van der Waals surface area contributed by atoms with Gasteiger partial charge >= 0.3 is 5.88 Å². The lowest BCUT2D eigenvalue weighted by molar-refractivity contribution is -0.402. The van der Waals surface area contributed by atoms with Crippen molar-refractivity contribution in [1.29, 1.82) is 0 Å². The molecule has 1 atom stereocenters. The van der Waals surface area contributed by atoms with Crippen molar-refractivity contribution < 1.29 is 18.9 Å².